The van der Waals surface area contributed by atoms with Crippen molar-refractivity contribution in [2.75, 3.05) is 12.1 Å². The molecule has 0 fully saturated rings. The summed E-state index contributed by atoms with van der Waals surface area (Å²) in [5.74, 6) is -0.496. The zero-order valence-electron chi connectivity index (χ0n) is 9.38. The molecule has 0 bridgehead atoms. The van der Waals surface area contributed by atoms with Gasteiger partial charge < -0.3 is 0 Å². The second-order valence-electron chi connectivity index (χ2n) is 3.26. The molecule has 7 heteroatoms. The summed E-state index contributed by atoms with van der Waals surface area (Å²) < 4.78 is 1.21. The minimum atomic E-state index is -0.333. The SMILES string of the molecule is CSc1c(C#N)c(-c2cccs2)nn1C(=O)CCl. The highest BCUT2D eigenvalue weighted by molar-refractivity contribution is 7.98. The highest BCUT2D eigenvalue weighted by atomic mass is 35.5. The quantitative estimate of drug-likeness (QED) is 0.645. The van der Waals surface area contributed by atoms with Gasteiger partial charge in [-0.2, -0.15) is 15.0 Å². The molecule has 0 aromatic carbocycles. The van der Waals surface area contributed by atoms with Gasteiger partial charge in [-0.3, -0.25) is 4.79 Å². The molecule has 0 amide bonds. The number of carbonyl (C=O) groups excluding carboxylic acids is 1. The Kier molecular flexibility index (Phi) is 4.07. The molecule has 0 aliphatic carbocycles. The van der Waals surface area contributed by atoms with E-state index in [1.54, 1.807) is 6.26 Å². The van der Waals surface area contributed by atoms with E-state index in [4.69, 9.17) is 11.6 Å². The predicted octanol–water partition coefficient (Wildman–Crippen LogP) is 3.08. The predicted molar refractivity (Wildman–Crippen MR) is 73.4 cm³/mol. The zero-order chi connectivity index (χ0) is 13.1. The van der Waals surface area contributed by atoms with Crippen LogP contribution >= 0.6 is 34.7 Å². The number of hydrogen-bond acceptors (Lipinski definition) is 5. The molecular formula is C11H8ClN3OS2. The lowest BCUT2D eigenvalue weighted by molar-refractivity contribution is 0.0914. The van der Waals surface area contributed by atoms with Crippen LogP contribution in [0, 0.1) is 11.3 Å². The van der Waals surface area contributed by atoms with Crippen LogP contribution in [0.5, 0.6) is 0 Å². The zero-order valence-corrected chi connectivity index (χ0v) is 11.8. The average molecular weight is 298 g/mol. The third kappa shape index (κ3) is 2.17. The van der Waals surface area contributed by atoms with E-state index >= 15 is 0 Å². The van der Waals surface area contributed by atoms with Crippen molar-refractivity contribution < 1.29 is 4.79 Å². The normalized spacial score (nSPS) is 10.3. The van der Waals surface area contributed by atoms with Gasteiger partial charge in [0.15, 0.2) is 0 Å². The van der Waals surface area contributed by atoms with Crippen molar-refractivity contribution in [3.05, 3.63) is 23.1 Å². The first-order valence-corrected chi connectivity index (χ1v) is 7.57. The molecule has 2 rings (SSSR count). The van der Waals surface area contributed by atoms with Crippen molar-refractivity contribution in [2.45, 2.75) is 5.03 Å². The molecule has 0 unspecified atom stereocenters. The molecule has 0 aliphatic heterocycles. The summed E-state index contributed by atoms with van der Waals surface area (Å²) in [7, 11) is 0. The summed E-state index contributed by atoms with van der Waals surface area (Å²) in [5, 5.41) is 15.9. The molecule has 2 heterocycles. The largest absolute Gasteiger partial charge is 0.271 e. The van der Waals surface area contributed by atoms with E-state index in [1.165, 1.54) is 27.8 Å². The summed E-state index contributed by atoms with van der Waals surface area (Å²) in [6.07, 6.45) is 1.80. The van der Waals surface area contributed by atoms with Gasteiger partial charge in [0.05, 0.1) is 4.88 Å². The first kappa shape index (κ1) is 13.1. The third-order valence-corrected chi connectivity index (χ3v) is 4.12. The van der Waals surface area contributed by atoms with Crippen molar-refractivity contribution in [1.29, 1.82) is 5.26 Å². The van der Waals surface area contributed by atoms with Crippen LogP contribution in [0.1, 0.15) is 10.4 Å². The summed E-state index contributed by atoms with van der Waals surface area (Å²) >= 11 is 8.33. The lowest BCUT2D eigenvalue weighted by Crippen LogP contribution is -2.14. The standard InChI is InChI=1S/C11H8ClN3OS2/c1-17-11-7(6-13)10(8-3-2-4-18-8)14-15(11)9(16)5-12/h2-4H,5H2,1H3. The maximum Gasteiger partial charge on any atom is 0.262 e. The summed E-state index contributed by atoms with van der Waals surface area (Å²) in [6, 6.07) is 5.86. The fraction of sp³-hybridized carbons (Fsp3) is 0.182. The number of thiophene rings is 1. The summed E-state index contributed by atoms with van der Waals surface area (Å²) in [5.41, 5.74) is 0.957. The topological polar surface area (TPSA) is 58.7 Å². The molecule has 92 valence electrons. The Balaban J connectivity index is 2.65. The monoisotopic (exact) mass is 297 g/mol. The molecule has 0 atom stereocenters. The van der Waals surface area contributed by atoms with E-state index in [9.17, 15) is 10.1 Å². The molecule has 4 nitrogen and oxygen atoms in total. The molecule has 0 spiro atoms. The van der Waals surface area contributed by atoms with Crippen LogP contribution in [-0.2, 0) is 0 Å². The van der Waals surface area contributed by atoms with E-state index < -0.39 is 0 Å². The molecule has 2 aromatic rings. The summed E-state index contributed by atoms with van der Waals surface area (Å²) in [6.45, 7) is 0. The number of thioether (sulfide) groups is 1. The van der Waals surface area contributed by atoms with Crippen LogP contribution in [0.25, 0.3) is 10.6 Å². The fourth-order valence-electron chi connectivity index (χ4n) is 1.50. The van der Waals surface area contributed by atoms with Gasteiger partial charge in [0.2, 0.25) is 0 Å². The number of rotatable bonds is 3. The van der Waals surface area contributed by atoms with E-state index in [-0.39, 0.29) is 11.8 Å². The number of hydrogen-bond donors (Lipinski definition) is 0. The van der Waals surface area contributed by atoms with Gasteiger partial charge in [-0.1, -0.05) is 6.07 Å². The van der Waals surface area contributed by atoms with Gasteiger partial charge in [-0.05, 0) is 17.7 Å². The van der Waals surface area contributed by atoms with Crippen LogP contribution in [-0.4, -0.2) is 27.8 Å². The van der Waals surface area contributed by atoms with Crippen LogP contribution in [0.4, 0.5) is 0 Å². The van der Waals surface area contributed by atoms with Crippen LogP contribution in [0.15, 0.2) is 22.5 Å². The van der Waals surface area contributed by atoms with Gasteiger partial charge in [0, 0.05) is 0 Å². The van der Waals surface area contributed by atoms with Crippen LogP contribution < -0.4 is 0 Å². The Morgan fingerprint density at radius 2 is 2.50 bits per heavy atom. The van der Waals surface area contributed by atoms with Crippen LogP contribution in [0.2, 0.25) is 0 Å². The Morgan fingerprint density at radius 3 is 3.00 bits per heavy atom. The number of halogens is 1. The van der Waals surface area contributed by atoms with E-state index in [2.05, 4.69) is 11.2 Å². The Labute approximate surface area is 117 Å². The minimum Gasteiger partial charge on any atom is -0.271 e. The second-order valence-corrected chi connectivity index (χ2v) is 5.27. The van der Waals surface area contributed by atoms with Crippen molar-refractivity contribution in [3.63, 3.8) is 0 Å². The van der Waals surface area contributed by atoms with Gasteiger partial charge in [0.25, 0.3) is 5.91 Å². The lowest BCUT2D eigenvalue weighted by Gasteiger charge is -1.99. The minimum absolute atomic E-state index is 0.163. The van der Waals surface area contributed by atoms with E-state index in [0.717, 1.165) is 4.88 Å². The highest BCUT2D eigenvalue weighted by Gasteiger charge is 2.22. The number of carbonyl (C=O) groups is 1. The smallest absolute Gasteiger partial charge is 0.262 e. The molecular weight excluding hydrogens is 290 g/mol. The molecule has 0 radical (unpaired) electrons. The Bertz CT molecular complexity index is 613. The molecule has 18 heavy (non-hydrogen) atoms. The first-order chi connectivity index (χ1) is 8.72. The van der Waals surface area contributed by atoms with Crippen LogP contribution in [0.3, 0.4) is 0 Å². The number of aromatic nitrogens is 2. The highest BCUT2D eigenvalue weighted by Crippen LogP contribution is 2.32. The van der Waals surface area contributed by atoms with Gasteiger partial charge in [-0.15, -0.1) is 34.7 Å². The number of alkyl halides is 1. The van der Waals surface area contributed by atoms with Gasteiger partial charge in [-0.25, -0.2) is 0 Å². The van der Waals surface area contributed by atoms with Gasteiger partial charge >= 0.3 is 0 Å². The van der Waals surface area contributed by atoms with E-state index in [1.807, 2.05) is 17.5 Å². The second kappa shape index (κ2) is 5.57. The maximum atomic E-state index is 11.7. The Hall–Kier alpha value is -1.29. The maximum absolute atomic E-state index is 11.7. The van der Waals surface area contributed by atoms with Crippen molar-refractivity contribution in [2.24, 2.45) is 0 Å². The van der Waals surface area contributed by atoms with Crippen molar-refractivity contribution in [1.82, 2.24) is 9.78 Å². The number of nitriles is 1. The first-order valence-electron chi connectivity index (χ1n) is 4.93. The third-order valence-electron chi connectivity index (χ3n) is 2.25. The van der Waals surface area contributed by atoms with E-state index in [0.29, 0.717) is 16.3 Å². The van der Waals surface area contributed by atoms with Gasteiger partial charge in [0.1, 0.15) is 28.2 Å². The molecule has 0 N–H and O–H groups in total. The Morgan fingerprint density at radius 1 is 1.72 bits per heavy atom. The molecule has 2 aromatic heterocycles. The molecule has 0 saturated carbocycles. The number of nitrogens with zero attached hydrogens (tertiary/aromatic N) is 3. The molecule has 0 aliphatic rings. The van der Waals surface area contributed by atoms with Crippen molar-refractivity contribution in [3.8, 4) is 16.6 Å². The average Bonchev–Trinajstić information content (AvgIpc) is 3.03. The summed E-state index contributed by atoms with van der Waals surface area (Å²) in [4.78, 5) is 12.6. The molecule has 0 saturated heterocycles. The van der Waals surface area contributed by atoms with Crippen molar-refractivity contribution >= 4 is 40.6 Å². The fourth-order valence-corrected chi connectivity index (χ4v) is 2.99. The lowest BCUT2D eigenvalue weighted by atomic mass is 10.2.